The molecule has 3 aromatic heterocycles. The summed E-state index contributed by atoms with van der Waals surface area (Å²) in [5.41, 5.74) is 13.2. The summed E-state index contributed by atoms with van der Waals surface area (Å²) in [7, 11) is 0. The van der Waals surface area contributed by atoms with Crippen LogP contribution in [-0.4, -0.2) is 38.2 Å². The third-order valence-corrected chi connectivity index (χ3v) is 15.2. The van der Waals surface area contributed by atoms with Gasteiger partial charge in [-0.3, -0.25) is 0 Å². The molecular formula is C68H86N4O3. The van der Waals surface area contributed by atoms with E-state index in [0.717, 1.165) is 140 Å². The quantitative estimate of drug-likeness (QED) is 0.0439. The van der Waals surface area contributed by atoms with E-state index in [4.69, 9.17) is 24.2 Å². The molecule has 0 fully saturated rings. The summed E-state index contributed by atoms with van der Waals surface area (Å²) < 4.78 is 21.2. The number of benzene rings is 3. The molecule has 75 heavy (non-hydrogen) atoms. The zero-order chi connectivity index (χ0) is 52.2. The Labute approximate surface area is 449 Å². The molecule has 0 amide bonds. The third-order valence-electron chi connectivity index (χ3n) is 15.2. The standard InChI is InChI=1S/C68H86N4O3/c1-7-13-16-19-22-31-51(10-4)73-63-37-28-25-34-54(63)66-57-42-40-49(69-57)48-50-41-43-58(70-50)67(55-35-26-29-38-64(55)74-52(11-5)32-23-20-17-14-8-2)60-45-47-62(72-60)68(61-46-44-59(66)71-61)56-36-27-30-39-65(56)75-53(12-6)33-24-21-18-15-9-3/h25-30,34-48,51-53,69,72H,7-24,31-33H2,1-6H3. The zero-order valence-electron chi connectivity index (χ0n) is 46.3. The summed E-state index contributed by atoms with van der Waals surface area (Å²) >= 11 is 0. The first-order valence-corrected chi connectivity index (χ1v) is 29.4. The minimum Gasteiger partial charge on any atom is -0.490 e. The molecule has 2 aliphatic heterocycles. The fourth-order valence-electron chi connectivity index (χ4n) is 10.8. The van der Waals surface area contributed by atoms with Crippen LogP contribution in [0.25, 0.3) is 79.8 Å². The molecule has 3 atom stereocenters. The van der Waals surface area contributed by atoms with E-state index < -0.39 is 0 Å². The molecule has 8 rings (SSSR count). The number of unbranched alkanes of at least 4 members (excludes halogenated alkanes) is 12. The maximum absolute atomic E-state index is 7.11. The largest absolute Gasteiger partial charge is 0.490 e. The molecule has 0 spiro atoms. The van der Waals surface area contributed by atoms with Crippen LogP contribution in [0.1, 0.15) is 199 Å². The van der Waals surface area contributed by atoms with Crippen LogP contribution in [0.2, 0.25) is 0 Å². The first kappa shape index (κ1) is 54.9. The predicted molar refractivity (Wildman–Crippen MR) is 319 cm³/mol. The van der Waals surface area contributed by atoms with Crippen LogP contribution in [0.3, 0.4) is 0 Å². The molecule has 0 radical (unpaired) electrons. The molecule has 6 aromatic rings. The van der Waals surface area contributed by atoms with E-state index in [0.29, 0.717) is 0 Å². The highest BCUT2D eigenvalue weighted by molar-refractivity contribution is 5.99. The number of rotatable bonds is 30. The topological polar surface area (TPSA) is 85.1 Å². The lowest BCUT2D eigenvalue weighted by Crippen LogP contribution is -2.15. The molecule has 396 valence electrons. The summed E-state index contributed by atoms with van der Waals surface area (Å²) in [6, 6.07) is 36.5. The van der Waals surface area contributed by atoms with Gasteiger partial charge in [0.1, 0.15) is 17.2 Å². The lowest BCUT2D eigenvalue weighted by molar-refractivity contribution is 0.183. The van der Waals surface area contributed by atoms with Crippen molar-refractivity contribution < 1.29 is 14.2 Å². The van der Waals surface area contributed by atoms with Crippen LogP contribution in [0.4, 0.5) is 0 Å². The maximum atomic E-state index is 7.11. The second-order valence-corrected chi connectivity index (χ2v) is 20.9. The van der Waals surface area contributed by atoms with Gasteiger partial charge in [0.2, 0.25) is 0 Å². The molecule has 0 saturated carbocycles. The van der Waals surface area contributed by atoms with Gasteiger partial charge in [-0.1, -0.05) is 173 Å². The number of nitrogens with zero attached hydrogens (tertiary/aromatic N) is 2. The van der Waals surface area contributed by atoms with Crippen molar-refractivity contribution in [2.75, 3.05) is 0 Å². The number of para-hydroxylation sites is 3. The van der Waals surface area contributed by atoms with E-state index in [-0.39, 0.29) is 18.3 Å². The van der Waals surface area contributed by atoms with Crippen molar-refractivity contribution in [3.8, 4) is 50.6 Å². The first-order valence-electron chi connectivity index (χ1n) is 29.4. The van der Waals surface area contributed by atoms with Crippen LogP contribution in [0.5, 0.6) is 17.2 Å². The number of fused-ring (bicyclic) bond motifs is 8. The van der Waals surface area contributed by atoms with Crippen LogP contribution in [0.15, 0.2) is 103 Å². The number of aromatic amines is 2. The minimum atomic E-state index is 0.0953. The third kappa shape index (κ3) is 14.5. The van der Waals surface area contributed by atoms with Gasteiger partial charge >= 0.3 is 0 Å². The monoisotopic (exact) mass is 1010 g/mol. The second kappa shape index (κ2) is 28.5. The van der Waals surface area contributed by atoms with E-state index in [2.05, 4.69) is 179 Å². The lowest BCUT2D eigenvalue weighted by Gasteiger charge is -2.21. The Hall–Kier alpha value is -6.34. The minimum absolute atomic E-state index is 0.0953. The Morgan fingerprint density at radius 1 is 0.373 bits per heavy atom. The number of nitrogens with one attached hydrogen (secondary N) is 2. The molecule has 2 N–H and O–H groups in total. The Balaban J connectivity index is 1.33. The Morgan fingerprint density at radius 2 is 0.733 bits per heavy atom. The summed E-state index contributed by atoms with van der Waals surface area (Å²) in [6.07, 6.45) is 33.5. The highest BCUT2D eigenvalue weighted by Crippen LogP contribution is 2.43. The normalized spacial score (nSPS) is 13.3. The van der Waals surface area contributed by atoms with Crippen molar-refractivity contribution >= 4 is 46.4 Å². The zero-order valence-corrected chi connectivity index (χ0v) is 46.3. The first-order chi connectivity index (χ1) is 36.9. The lowest BCUT2D eigenvalue weighted by atomic mass is 10.0. The number of hydrogen-bond acceptors (Lipinski definition) is 5. The number of aromatic nitrogens is 4. The van der Waals surface area contributed by atoms with E-state index in [1.807, 2.05) is 0 Å². The molecule has 5 heterocycles. The van der Waals surface area contributed by atoms with Gasteiger partial charge in [0, 0.05) is 55.4 Å². The highest BCUT2D eigenvalue weighted by atomic mass is 16.5. The van der Waals surface area contributed by atoms with Crippen molar-refractivity contribution in [2.24, 2.45) is 0 Å². The molecule has 3 aromatic carbocycles. The average molecular weight is 1010 g/mol. The van der Waals surface area contributed by atoms with Gasteiger partial charge in [0.05, 0.1) is 41.1 Å². The van der Waals surface area contributed by atoms with Gasteiger partial charge < -0.3 is 24.2 Å². The SMILES string of the molecule is CCCCCCCC(CC)Oc1ccccc1-c1c2nc(c(-c3ccccc3OC(CC)CCCCCCC)c3ccc([nH]3)c(-c3ccccc3OC(CC)CCCCCCC)c3nc(cc4ccc1[nH]4)C=C3)C=C2. The Morgan fingerprint density at radius 3 is 1.15 bits per heavy atom. The van der Waals surface area contributed by atoms with Crippen molar-refractivity contribution in [1.82, 2.24) is 19.9 Å². The van der Waals surface area contributed by atoms with Gasteiger partial charge in [0.15, 0.2) is 0 Å². The molecule has 7 nitrogen and oxygen atoms in total. The van der Waals surface area contributed by atoms with E-state index >= 15 is 0 Å². The van der Waals surface area contributed by atoms with Gasteiger partial charge in [0.25, 0.3) is 0 Å². The predicted octanol–water partition coefficient (Wildman–Crippen LogP) is 20.2. The maximum Gasteiger partial charge on any atom is 0.127 e. The van der Waals surface area contributed by atoms with Crippen LogP contribution in [0, 0.1) is 0 Å². The fraction of sp³-hybridized carbons (Fsp3) is 0.441. The summed E-state index contributed by atoms with van der Waals surface area (Å²) in [5, 5.41) is 0. The van der Waals surface area contributed by atoms with Crippen LogP contribution in [-0.2, 0) is 0 Å². The molecule has 0 saturated heterocycles. The molecule has 8 bridgehead atoms. The number of hydrogen-bond donors (Lipinski definition) is 2. The molecule has 0 aliphatic carbocycles. The van der Waals surface area contributed by atoms with Crippen LogP contribution < -0.4 is 14.2 Å². The number of ether oxygens (including phenoxy) is 3. The molecular weight excluding hydrogens is 921 g/mol. The van der Waals surface area contributed by atoms with Crippen LogP contribution >= 0.6 is 0 Å². The van der Waals surface area contributed by atoms with Crippen molar-refractivity contribution in [3.05, 3.63) is 126 Å². The highest BCUT2D eigenvalue weighted by Gasteiger charge is 2.23. The van der Waals surface area contributed by atoms with Gasteiger partial charge in [-0.2, -0.15) is 0 Å². The molecule has 2 aliphatic rings. The molecule has 7 heteroatoms. The van der Waals surface area contributed by atoms with Gasteiger partial charge in [-0.05, 0) is 131 Å². The summed E-state index contributed by atoms with van der Waals surface area (Å²) in [6.45, 7) is 13.6. The molecule has 3 unspecified atom stereocenters. The number of H-pyrrole nitrogens is 2. The second-order valence-electron chi connectivity index (χ2n) is 20.9. The van der Waals surface area contributed by atoms with Gasteiger partial charge in [-0.25, -0.2) is 9.97 Å². The summed E-state index contributed by atoms with van der Waals surface area (Å²) in [5.74, 6) is 2.61. The summed E-state index contributed by atoms with van der Waals surface area (Å²) in [4.78, 5) is 18.9. The van der Waals surface area contributed by atoms with Crippen molar-refractivity contribution in [1.29, 1.82) is 0 Å². The van der Waals surface area contributed by atoms with E-state index in [1.54, 1.807) is 0 Å². The fourth-order valence-corrected chi connectivity index (χ4v) is 10.8. The average Bonchev–Trinajstić information content (AvgIpc) is 4.30. The Kier molecular flexibility index (Phi) is 20.9. The Bertz CT molecular complexity index is 2910. The van der Waals surface area contributed by atoms with E-state index in [1.165, 1.54) is 89.9 Å². The van der Waals surface area contributed by atoms with E-state index in [9.17, 15) is 0 Å². The van der Waals surface area contributed by atoms with Gasteiger partial charge in [-0.15, -0.1) is 0 Å². The van der Waals surface area contributed by atoms with Crippen molar-refractivity contribution in [2.45, 2.75) is 195 Å². The van der Waals surface area contributed by atoms with Crippen molar-refractivity contribution in [3.63, 3.8) is 0 Å². The smallest absolute Gasteiger partial charge is 0.127 e.